The lowest BCUT2D eigenvalue weighted by molar-refractivity contribution is 0.0189. The van der Waals surface area contributed by atoms with Gasteiger partial charge in [0, 0.05) is 42.2 Å². The molecule has 5 rings (SSSR count). The number of sulfonamides is 1. The number of hydrogen-bond acceptors (Lipinski definition) is 8. The number of alkyl halides is 2. The number of aryl methyl sites for hydroxylation is 1. The molecular weight excluding hydrogens is 605 g/mol. The topological polar surface area (TPSA) is 118 Å². The fourth-order valence-corrected chi connectivity index (χ4v) is 5.97. The van der Waals surface area contributed by atoms with Gasteiger partial charge in [0.15, 0.2) is 0 Å². The Hall–Kier alpha value is -3.68. The fraction of sp³-hybridized carbons (Fsp3) is 0.345. The van der Waals surface area contributed by atoms with E-state index in [1.54, 1.807) is 49.6 Å². The first-order valence-electron chi connectivity index (χ1n) is 13.5. The molecule has 230 valence electrons. The van der Waals surface area contributed by atoms with E-state index in [2.05, 4.69) is 30.3 Å². The zero-order chi connectivity index (χ0) is 29.9. The van der Waals surface area contributed by atoms with Gasteiger partial charge in [0.25, 0.3) is 0 Å². The van der Waals surface area contributed by atoms with E-state index in [1.165, 1.54) is 6.07 Å². The largest absolute Gasteiger partial charge is 0.437 e. The number of nitrogens with one attached hydrogen (secondary N) is 3. The molecule has 3 N–H and O–H groups in total. The molecule has 1 fully saturated rings. The minimum Gasteiger partial charge on any atom is -0.437 e. The van der Waals surface area contributed by atoms with E-state index in [1.807, 2.05) is 0 Å². The molecule has 3 heterocycles. The summed E-state index contributed by atoms with van der Waals surface area (Å²) in [5.74, 6) is -3.87. The second-order valence-corrected chi connectivity index (χ2v) is 12.2. The minimum absolute atomic E-state index is 0. The van der Waals surface area contributed by atoms with Gasteiger partial charge < -0.3 is 15.4 Å². The van der Waals surface area contributed by atoms with Crippen LogP contribution in [-0.4, -0.2) is 54.2 Å². The monoisotopic (exact) mass is 636 g/mol. The van der Waals surface area contributed by atoms with Gasteiger partial charge in [-0.3, -0.25) is 4.72 Å². The number of piperidine rings is 1. The van der Waals surface area contributed by atoms with Crippen LogP contribution < -0.4 is 20.1 Å². The van der Waals surface area contributed by atoms with Crippen LogP contribution in [-0.2, 0) is 10.0 Å². The molecule has 1 aliphatic heterocycles. The molecule has 2 aromatic carbocycles. The molecule has 9 nitrogen and oxygen atoms in total. The first kappa shape index (κ1) is 32.2. The van der Waals surface area contributed by atoms with Crippen molar-refractivity contribution < 1.29 is 26.3 Å². The third-order valence-corrected chi connectivity index (χ3v) is 8.15. The van der Waals surface area contributed by atoms with Gasteiger partial charge in [-0.05, 0) is 69.1 Å². The standard InChI is InChI=1S/C29H31F3N6O3S.ClH/c1-18-7-8-20-21(9-10-23(30)25(20)38-42(39,40)16-12-29(2,31)32)26(18)41-27-22(6-4-14-34-27)24-11-15-35-28(37-24)36-19-5-3-13-33-17-19;/h4,6-11,14-15,19,33,38H,3,5,12-13,16-17H2,1-2H3,(H,35,36,37);1H. The maximum atomic E-state index is 14.9. The normalized spacial score (nSPS) is 15.5. The highest BCUT2D eigenvalue weighted by molar-refractivity contribution is 7.92. The number of aromatic nitrogens is 3. The number of rotatable bonds is 10. The van der Waals surface area contributed by atoms with Crippen LogP contribution >= 0.6 is 12.4 Å². The van der Waals surface area contributed by atoms with Crippen molar-refractivity contribution in [3.63, 3.8) is 0 Å². The summed E-state index contributed by atoms with van der Waals surface area (Å²) in [6.07, 6.45) is 4.38. The Bertz CT molecular complexity index is 1700. The summed E-state index contributed by atoms with van der Waals surface area (Å²) in [5.41, 5.74) is 1.50. The second-order valence-electron chi connectivity index (χ2n) is 10.4. The van der Waals surface area contributed by atoms with Crippen molar-refractivity contribution in [3.8, 4) is 22.9 Å². The van der Waals surface area contributed by atoms with Gasteiger partial charge in [0.2, 0.25) is 27.8 Å². The smallest absolute Gasteiger partial charge is 0.246 e. The number of hydrogen-bond donors (Lipinski definition) is 3. The summed E-state index contributed by atoms with van der Waals surface area (Å²) in [6, 6.07) is 11.3. The third kappa shape index (κ3) is 8.03. The fourth-order valence-electron chi connectivity index (χ4n) is 4.72. The predicted octanol–water partition coefficient (Wildman–Crippen LogP) is 6.30. The number of ether oxygens (including phenoxy) is 1. The summed E-state index contributed by atoms with van der Waals surface area (Å²) >= 11 is 0. The van der Waals surface area contributed by atoms with Crippen LogP contribution in [0.2, 0.25) is 0 Å². The highest BCUT2D eigenvalue weighted by Crippen LogP contribution is 2.39. The van der Waals surface area contributed by atoms with Gasteiger partial charge in [0.1, 0.15) is 11.6 Å². The van der Waals surface area contributed by atoms with Crippen molar-refractivity contribution in [1.82, 2.24) is 20.3 Å². The lowest BCUT2D eigenvalue weighted by Crippen LogP contribution is -2.38. The summed E-state index contributed by atoms with van der Waals surface area (Å²) in [6.45, 7) is 4.23. The van der Waals surface area contributed by atoms with Gasteiger partial charge in [0.05, 0.1) is 22.7 Å². The zero-order valence-corrected chi connectivity index (χ0v) is 25.2. The molecule has 1 unspecified atom stereocenters. The summed E-state index contributed by atoms with van der Waals surface area (Å²) in [7, 11) is -4.27. The van der Waals surface area contributed by atoms with Crippen LogP contribution in [0, 0.1) is 12.7 Å². The van der Waals surface area contributed by atoms with Crippen molar-refractivity contribution >= 4 is 44.8 Å². The first-order chi connectivity index (χ1) is 20.0. The average molecular weight is 637 g/mol. The van der Waals surface area contributed by atoms with Crippen molar-refractivity contribution in [1.29, 1.82) is 0 Å². The van der Waals surface area contributed by atoms with Crippen LogP contribution in [0.1, 0.15) is 31.7 Å². The Kier molecular flexibility index (Phi) is 9.98. The Morgan fingerprint density at radius 1 is 1.09 bits per heavy atom. The molecule has 1 saturated heterocycles. The van der Waals surface area contributed by atoms with Gasteiger partial charge >= 0.3 is 0 Å². The maximum Gasteiger partial charge on any atom is 0.246 e. The molecule has 1 atom stereocenters. The van der Waals surface area contributed by atoms with E-state index in [-0.39, 0.29) is 35.4 Å². The molecular formula is C29H32ClF3N6O3S. The molecule has 14 heteroatoms. The lowest BCUT2D eigenvalue weighted by Gasteiger charge is -2.23. The summed E-state index contributed by atoms with van der Waals surface area (Å²) in [4.78, 5) is 13.5. The van der Waals surface area contributed by atoms with E-state index in [9.17, 15) is 21.6 Å². The van der Waals surface area contributed by atoms with Crippen LogP contribution in [0.4, 0.5) is 24.8 Å². The molecule has 4 aromatic rings. The van der Waals surface area contributed by atoms with Crippen molar-refractivity contribution in [3.05, 3.63) is 66.2 Å². The molecule has 2 aromatic heterocycles. The van der Waals surface area contributed by atoms with Crippen LogP contribution in [0.3, 0.4) is 0 Å². The molecule has 0 aliphatic carbocycles. The number of benzene rings is 2. The Morgan fingerprint density at radius 2 is 1.88 bits per heavy atom. The van der Waals surface area contributed by atoms with Crippen molar-refractivity contribution in [2.45, 2.75) is 45.1 Å². The Labute approximate surface area is 254 Å². The van der Waals surface area contributed by atoms with Crippen LogP contribution in [0.5, 0.6) is 11.6 Å². The number of pyridine rings is 1. The van der Waals surface area contributed by atoms with Gasteiger partial charge in [-0.15, -0.1) is 12.4 Å². The average Bonchev–Trinajstić information content (AvgIpc) is 2.95. The van der Waals surface area contributed by atoms with Crippen LogP contribution in [0.25, 0.3) is 22.0 Å². The third-order valence-electron chi connectivity index (χ3n) is 6.90. The van der Waals surface area contributed by atoms with Gasteiger partial charge in [-0.2, -0.15) is 0 Å². The molecule has 0 spiro atoms. The molecule has 0 radical (unpaired) electrons. The van der Waals surface area contributed by atoms with E-state index in [0.29, 0.717) is 40.8 Å². The highest BCUT2D eigenvalue weighted by Gasteiger charge is 2.26. The molecule has 0 bridgehead atoms. The number of halogens is 4. The van der Waals surface area contributed by atoms with E-state index >= 15 is 0 Å². The highest BCUT2D eigenvalue weighted by atomic mass is 35.5. The van der Waals surface area contributed by atoms with E-state index < -0.39 is 33.9 Å². The minimum atomic E-state index is -4.27. The second kappa shape index (κ2) is 13.3. The molecule has 0 amide bonds. The Morgan fingerprint density at radius 3 is 2.63 bits per heavy atom. The first-order valence-corrected chi connectivity index (χ1v) is 15.2. The number of fused-ring (bicyclic) bond motifs is 1. The predicted molar refractivity (Wildman–Crippen MR) is 163 cm³/mol. The molecule has 0 saturated carbocycles. The summed E-state index contributed by atoms with van der Waals surface area (Å²) < 4.78 is 75.1. The molecule has 43 heavy (non-hydrogen) atoms. The number of anilines is 2. The van der Waals surface area contributed by atoms with Gasteiger partial charge in [-0.1, -0.05) is 12.1 Å². The zero-order valence-electron chi connectivity index (χ0n) is 23.5. The van der Waals surface area contributed by atoms with E-state index in [0.717, 1.165) is 32.0 Å². The van der Waals surface area contributed by atoms with Gasteiger partial charge in [-0.25, -0.2) is 36.5 Å². The maximum absolute atomic E-state index is 14.9. The summed E-state index contributed by atoms with van der Waals surface area (Å²) in [5, 5.41) is 7.32. The Balaban J connectivity index is 0.00000423. The molecule has 1 aliphatic rings. The number of nitrogens with zero attached hydrogens (tertiary/aromatic N) is 3. The quantitative estimate of drug-likeness (QED) is 0.186. The van der Waals surface area contributed by atoms with Crippen LogP contribution in [0.15, 0.2) is 54.9 Å². The van der Waals surface area contributed by atoms with Crippen molar-refractivity contribution in [2.75, 3.05) is 28.9 Å². The lowest BCUT2D eigenvalue weighted by atomic mass is 10.0. The van der Waals surface area contributed by atoms with Crippen molar-refractivity contribution in [2.24, 2.45) is 0 Å². The van der Waals surface area contributed by atoms with E-state index in [4.69, 9.17) is 4.74 Å². The SMILES string of the molecule is Cc1ccc2c(NS(=O)(=O)CCC(C)(F)F)c(F)ccc2c1Oc1ncccc1-c1ccnc(NC2CCCNC2)n1.Cl.